The van der Waals surface area contributed by atoms with Crippen LogP contribution in [0.3, 0.4) is 0 Å². The van der Waals surface area contributed by atoms with Crippen LogP contribution in [0.1, 0.15) is 6.42 Å². The maximum atomic E-state index is 13.1. The Balaban J connectivity index is 2.02. The number of para-hydroxylation sites is 2. The number of alkyl halides is 3. The summed E-state index contributed by atoms with van der Waals surface area (Å²) in [5.41, 5.74) is 0.933. The summed E-state index contributed by atoms with van der Waals surface area (Å²) in [7, 11) is -2.21. The lowest BCUT2D eigenvalue weighted by Crippen LogP contribution is -2.36. The zero-order valence-electron chi connectivity index (χ0n) is 14.4. The second kappa shape index (κ2) is 7.28. The summed E-state index contributed by atoms with van der Waals surface area (Å²) in [4.78, 5) is 0. The van der Waals surface area contributed by atoms with Gasteiger partial charge in [-0.3, -0.25) is 4.31 Å². The molecule has 0 saturated carbocycles. The van der Waals surface area contributed by atoms with Gasteiger partial charge in [0.15, 0.2) is 0 Å². The molecule has 0 spiro atoms. The van der Waals surface area contributed by atoms with Gasteiger partial charge in [-0.25, -0.2) is 4.31 Å². The number of benzene rings is 2. The fourth-order valence-corrected chi connectivity index (χ4v) is 4.65. The fourth-order valence-electron chi connectivity index (χ4n) is 2.91. The first kappa shape index (κ1) is 19.3. The number of nitrogens with zero attached hydrogens (tertiary/aromatic N) is 2. The molecule has 3 rings (SSSR count). The molecule has 0 aliphatic carbocycles. The second-order valence-electron chi connectivity index (χ2n) is 5.84. The SMILES string of the molecule is CNCCCN1c2ccccc2N(c2cccc(OC(F)(F)F)c2)S1(=O)=O. The van der Waals surface area contributed by atoms with Crippen LogP contribution in [-0.2, 0) is 10.2 Å². The van der Waals surface area contributed by atoms with Crippen LogP contribution >= 0.6 is 0 Å². The lowest BCUT2D eigenvalue weighted by Gasteiger charge is -2.22. The van der Waals surface area contributed by atoms with Crippen molar-refractivity contribution in [2.45, 2.75) is 12.8 Å². The van der Waals surface area contributed by atoms with E-state index < -0.39 is 22.3 Å². The van der Waals surface area contributed by atoms with Crippen LogP contribution in [-0.4, -0.2) is 34.9 Å². The highest BCUT2D eigenvalue weighted by Gasteiger charge is 2.41. The molecule has 1 aliphatic heterocycles. The van der Waals surface area contributed by atoms with Gasteiger partial charge in [-0.1, -0.05) is 18.2 Å². The van der Waals surface area contributed by atoms with Crippen molar-refractivity contribution in [3.05, 3.63) is 48.5 Å². The molecule has 2 aromatic rings. The number of ether oxygens (including phenoxy) is 1. The van der Waals surface area contributed by atoms with Crippen molar-refractivity contribution in [2.75, 3.05) is 28.7 Å². The van der Waals surface area contributed by atoms with E-state index in [0.717, 1.165) is 16.4 Å². The van der Waals surface area contributed by atoms with Gasteiger partial charge < -0.3 is 10.1 Å². The van der Waals surface area contributed by atoms with E-state index in [4.69, 9.17) is 0 Å². The fraction of sp³-hybridized carbons (Fsp3) is 0.294. The highest BCUT2D eigenvalue weighted by molar-refractivity contribution is 7.95. The Kier molecular flexibility index (Phi) is 5.20. The van der Waals surface area contributed by atoms with Crippen LogP contribution in [0.4, 0.5) is 30.2 Å². The van der Waals surface area contributed by atoms with Gasteiger partial charge in [0.05, 0.1) is 17.1 Å². The zero-order valence-corrected chi connectivity index (χ0v) is 15.2. The molecule has 27 heavy (non-hydrogen) atoms. The topological polar surface area (TPSA) is 61.9 Å². The normalized spacial score (nSPS) is 15.7. The van der Waals surface area contributed by atoms with E-state index in [0.29, 0.717) is 24.3 Å². The van der Waals surface area contributed by atoms with Crippen molar-refractivity contribution in [1.82, 2.24) is 5.32 Å². The number of halogens is 3. The molecule has 0 bridgehead atoms. The van der Waals surface area contributed by atoms with E-state index >= 15 is 0 Å². The summed E-state index contributed by atoms with van der Waals surface area (Å²) in [6.45, 7) is 0.874. The molecule has 0 saturated heterocycles. The zero-order chi connectivity index (χ0) is 19.7. The van der Waals surface area contributed by atoms with Crippen molar-refractivity contribution < 1.29 is 26.3 Å². The lowest BCUT2D eigenvalue weighted by atomic mass is 10.2. The van der Waals surface area contributed by atoms with E-state index in [1.54, 1.807) is 31.3 Å². The molecule has 0 amide bonds. The molecule has 0 unspecified atom stereocenters. The molecule has 0 fully saturated rings. The van der Waals surface area contributed by atoms with Crippen molar-refractivity contribution >= 4 is 27.3 Å². The number of anilines is 3. The molecule has 1 heterocycles. The third kappa shape index (κ3) is 3.96. The van der Waals surface area contributed by atoms with Crippen LogP contribution in [0.15, 0.2) is 48.5 Å². The van der Waals surface area contributed by atoms with Crippen molar-refractivity contribution in [1.29, 1.82) is 0 Å². The lowest BCUT2D eigenvalue weighted by molar-refractivity contribution is -0.274. The second-order valence-corrected chi connectivity index (χ2v) is 7.54. The van der Waals surface area contributed by atoms with Crippen molar-refractivity contribution in [3.63, 3.8) is 0 Å². The third-order valence-corrected chi connectivity index (χ3v) is 5.76. The largest absolute Gasteiger partial charge is 0.573 e. The van der Waals surface area contributed by atoms with E-state index in [2.05, 4.69) is 10.1 Å². The van der Waals surface area contributed by atoms with Gasteiger partial charge in [0, 0.05) is 12.6 Å². The summed E-state index contributed by atoms with van der Waals surface area (Å²) < 4.78 is 70.0. The minimum absolute atomic E-state index is 0.0697. The number of rotatable bonds is 6. The minimum atomic E-state index is -4.86. The standard InChI is InChI=1S/C17H18F3N3O3S/c1-21-10-5-11-22-15-8-2-3-9-16(15)23(27(22,24)25)13-6-4-7-14(12-13)26-17(18,19)20/h2-4,6-9,12,21H,5,10-11H2,1H3. The van der Waals surface area contributed by atoms with Gasteiger partial charge in [0.25, 0.3) is 0 Å². The van der Waals surface area contributed by atoms with Gasteiger partial charge in [-0.05, 0) is 44.3 Å². The maximum Gasteiger partial charge on any atom is 0.573 e. The predicted molar refractivity (Wildman–Crippen MR) is 96.5 cm³/mol. The molecule has 1 aliphatic rings. The first-order chi connectivity index (χ1) is 12.7. The quantitative estimate of drug-likeness (QED) is 0.754. The van der Waals surface area contributed by atoms with Gasteiger partial charge in [0.2, 0.25) is 0 Å². The number of nitrogens with one attached hydrogen (secondary N) is 1. The van der Waals surface area contributed by atoms with E-state index in [9.17, 15) is 21.6 Å². The summed E-state index contributed by atoms with van der Waals surface area (Å²) >= 11 is 0. The number of fused-ring (bicyclic) bond motifs is 1. The van der Waals surface area contributed by atoms with Crippen LogP contribution in [0.25, 0.3) is 0 Å². The Hall–Kier alpha value is -2.46. The van der Waals surface area contributed by atoms with Crippen LogP contribution in [0.2, 0.25) is 0 Å². The Labute approximate surface area is 155 Å². The minimum Gasteiger partial charge on any atom is -0.406 e. The first-order valence-electron chi connectivity index (χ1n) is 8.16. The highest BCUT2D eigenvalue weighted by Crippen LogP contribution is 2.45. The maximum absolute atomic E-state index is 13.1. The Bertz CT molecular complexity index is 919. The van der Waals surface area contributed by atoms with E-state index in [1.807, 2.05) is 0 Å². The smallest absolute Gasteiger partial charge is 0.406 e. The number of hydrogen-bond acceptors (Lipinski definition) is 4. The summed E-state index contributed by atoms with van der Waals surface area (Å²) in [6.07, 6.45) is -4.28. The van der Waals surface area contributed by atoms with Gasteiger partial charge in [-0.15, -0.1) is 13.2 Å². The molecule has 0 aromatic heterocycles. The highest BCUT2D eigenvalue weighted by atomic mass is 32.2. The number of hydrogen-bond donors (Lipinski definition) is 1. The first-order valence-corrected chi connectivity index (χ1v) is 9.56. The molecule has 10 heteroatoms. The Morgan fingerprint density at radius 2 is 1.78 bits per heavy atom. The monoisotopic (exact) mass is 401 g/mol. The molecular weight excluding hydrogens is 383 g/mol. The Morgan fingerprint density at radius 3 is 2.44 bits per heavy atom. The molecule has 0 radical (unpaired) electrons. The average Bonchev–Trinajstić information content (AvgIpc) is 2.80. The van der Waals surface area contributed by atoms with Gasteiger partial charge in [-0.2, -0.15) is 8.42 Å². The van der Waals surface area contributed by atoms with Crippen molar-refractivity contribution in [3.8, 4) is 5.75 Å². The molecule has 6 nitrogen and oxygen atoms in total. The predicted octanol–water partition coefficient (Wildman–Crippen LogP) is 3.40. The third-order valence-electron chi connectivity index (χ3n) is 3.95. The van der Waals surface area contributed by atoms with Crippen LogP contribution in [0, 0.1) is 0 Å². The van der Waals surface area contributed by atoms with Crippen LogP contribution < -0.4 is 18.7 Å². The van der Waals surface area contributed by atoms with E-state index in [-0.39, 0.29) is 12.2 Å². The van der Waals surface area contributed by atoms with Crippen LogP contribution in [0.5, 0.6) is 5.75 Å². The van der Waals surface area contributed by atoms with Crippen molar-refractivity contribution in [2.24, 2.45) is 0 Å². The Morgan fingerprint density at radius 1 is 1.07 bits per heavy atom. The van der Waals surface area contributed by atoms with Gasteiger partial charge in [0.1, 0.15) is 5.75 Å². The summed E-state index contributed by atoms with van der Waals surface area (Å²) in [6, 6.07) is 11.6. The van der Waals surface area contributed by atoms with E-state index in [1.165, 1.54) is 16.4 Å². The molecule has 0 atom stereocenters. The molecule has 146 valence electrons. The average molecular weight is 401 g/mol. The summed E-state index contributed by atoms with van der Waals surface area (Å²) in [5.74, 6) is -0.485. The molecular formula is C17H18F3N3O3S. The summed E-state index contributed by atoms with van der Waals surface area (Å²) in [5, 5.41) is 2.96. The molecule has 2 aromatic carbocycles. The molecule has 1 N–H and O–H groups in total. The van der Waals surface area contributed by atoms with Gasteiger partial charge >= 0.3 is 16.6 Å².